The molecule has 0 radical (unpaired) electrons. The van der Waals surface area contributed by atoms with Crippen LogP contribution in [0.2, 0.25) is 0 Å². The molecule has 0 aliphatic heterocycles. The van der Waals surface area contributed by atoms with Gasteiger partial charge in [-0.15, -0.1) is 0 Å². The minimum atomic E-state index is -1.05. The fraction of sp³-hybridized carbons (Fsp3) is 0.417. The van der Waals surface area contributed by atoms with Crippen molar-refractivity contribution in [3.63, 3.8) is 0 Å². The van der Waals surface area contributed by atoms with Crippen molar-refractivity contribution in [3.8, 4) is 0 Å². The van der Waals surface area contributed by atoms with E-state index in [4.69, 9.17) is 5.11 Å². The Labute approximate surface area is 94.3 Å². The number of anilines is 1. The summed E-state index contributed by atoms with van der Waals surface area (Å²) in [6.07, 6.45) is 0.913. The lowest BCUT2D eigenvalue weighted by atomic mass is 10.1. The topological polar surface area (TPSA) is 49.3 Å². The zero-order valence-corrected chi connectivity index (χ0v) is 9.46. The Morgan fingerprint density at radius 3 is 2.75 bits per heavy atom. The molecule has 0 aromatic heterocycles. The molecule has 0 spiro atoms. The molecule has 0 aliphatic carbocycles. The van der Waals surface area contributed by atoms with Gasteiger partial charge in [0.2, 0.25) is 0 Å². The maximum Gasteiger partial charge on any atom is 0.335 e. The van der Waals surface area contributed by atoms with E-state index in [0.717, 1.165) is 6.42 Å². The molecule has 88 valence electrons. The molecule has 1 aromatic rings. The summed E-state index contributed by atoms with van der Waals surface area (Å²) in [4.78, 5) is 10.7. The molecule has 0 fully saturated rings. The van der Waals surface area contributed by atoms with Crippen LogP contribution < -0.4 is 5.32 Å². The molecule has 16 heavy (non-hydrogen) atoms. The largest absolute Gasteiger partial charge is 0.478 e. The first kappa shape index (κ1) is 12.5. The van der Waals surface area contributed by atoms with Gasteiger partial charge in [-0.25, -0.2) is 9.18 Å². The van der Waals surface area contributed by atoms with Crippen molar-refractivity contribution < 1.29 is 14.3 Å². The summed E-state index contributed by atoms with van der Waals surface area (Å²) in [5.74, 6) is -0.945. The van der Waals surface area contributed by atoms with E-state index < -0.39 is 11.8 Å². The lowest BCUT2D eigenvalue weighted by Gasteiger charge is -2.09. The highest BCUT2D eigenvalue weighted by molar-refractivity contribution is 5.88. The SMILES string of the molecule is CC(C)CCNc1cc(C(=O)O)ccc1F. The van der Waals surface area contributed by atoms with Crippen molar-refractivity contribution in [2.45, 2.75) is 20.3 Å². The lowest BCUT2D eigenvalue weighted by molar-refractivity contribution is 0.0697. The Morgan fingerprint density at radius 2 is 2.19 bits per heavy atom. The highest BCUT2D eigenvalue weighted by Crippen LogP contribution is 2.16. The summed E-state index contributed by atoms with van der Waals surface area (Å²) < 4.78 is 13.3. The van der Waals surface area contributed by atoms with Gasteiger partial charge in [0.15, 0.2) is 0 Å². The molecule has 2 N–H and O–H groups in total. The van der Waals surface area contributed by atoms with Gasteiger partial charge in [0.25, 0.3) is 0 Å². The summed E-state index contributed by atoms with van der Waals surface area (Å²) in [6.45, 7) is 4.79. The monoisotopic (exact) mass is 225 g/mol. The van der Waals surface area contributed by atoms with E-state index >= 15 is 0 Å². The first-order valence-electron chi connectivity index (χ1n) is 5.27. The number of carboxylic acid groups (broad SMARTS) is 1. The second kappa shape index (κ2) is 5.49. The van der Waals surface area contributed by atoms with Gasteiger partial charge in [-0.3, -0.25) is 0 Å². The molecule has 0 saturated heterocycles. The first-order valence-corrected chi connectivity index (χ1v) is 5.27. The molecule has 4 heteroatoms. The second-order valence-corrected chi connectivity index (χ2v) is 4.11. The Bertz CT molecular complexity index is 377. The van der Waals surface area contributed by atoms with Crippen molar-refractivity contribution in [1.82, 2.24) is 0 Å². The van der Waals surface area contributed by atoms with E-state index in [9.17, 15) is 9.18 Å². The number of hydrogen-bond acceptors (Lipinski definition) is 2. The molecular formula is C12H16FNO2. The Hall–Kier alpha value is -1.58. The fourth-order valence-corrected chi connectivity index (χ4v) is 1.29. The van der Waals surface area contributed by atoms with Crippen LogP contribution in [-0.4, -0.2) is 17.6 Å². The Morgan fingerprint density at radius 1 is 1.50 bits per heavy atom. The predicted molar refractivity (Wildman–Crippen MR) is 61.3 cm³/mol. The third kappa shape index (κ3) is 3.53. The standard InChI is InChI=1S/C12H16FNO2/c1-8(2)5-6-14-11-7-9(12(15)16)3-4-10(11)13/h3-4,7-8,14H,5-6H2,1-2H3,(H,15,16). The van der Waals surface area contributed by atoms with Crippen molar-refractivity contribution in [2.75, 3.05) is 11.9 Å². The number of nitrogens with one attached hydrogen (secondary N) is 1. The van der Waals surface area contributed by atoms with Crippen LogP contribution >= 0.6 is 0 Å². The smallest absolute Gasteiger partial charge is 0.335 e. The zero-order valence-electron chi connectivity index (χ0n) is 9.46. The summed E-state index contributed by atoms with van der Waals surface area (Å²) in [5.41, 5.74) is 0.342. The van der Waals surface area contributed by atoms with Gasteiger partial charge in [0, 0.05) is 6.54 Å². The van der Waals surface area contributed by atoms with Crippen LogP contribution in [0.15, 0.2) is 18.2 Å². The molecule has 0 atom stereocenters. The normalized spacial score (nSPS) is 10.5. The number of aromatic carboxylic acids is 1. The average molecular weight is 225 g/mol. The molecule has 3 nitrogen and oxygen atoms in total. The third-order valence-electron chi connectivity index (χ3n) is 2.25. The molecule has 1 aromatic carbocycles. The van der Waals surface area contributed by atoms with E-state index in [1.54, 1.807) is 0 Å². The van der Waals surface area contributed by atoms with Gasteiger partial charge in [0.1, 0.15) is 5.82 Å². The summed E-state index contributed by atoms with van der Waals surface area (Å²) in [7, 11) is 0. The maximum atomic E-state index is 13.3. The van der Waals surface area contributed by atoms with E-state index in [0.29, 0.717) is 12.5 Å². The lowest BCUT2D eigenvalue weighted by Crippen LogP contribution is -2.07. The van der Waals surface area contributed by atoms with Crippen LogP contribution in [0.4, 0.5) is 10.1 Å². The molecule has 0 heterocycles. The number of rotatable bonds is 5. The zero-order chi connectivity index (χ0) is 12.1. The quantitative estimate of drug-likeness (QED) is 0.809. The van der Waals surface area contributed by atoms with Crippen LogP contribution in [0, 0.1) is 11.7 Å². The number of benzene rings is 1. The number of carbonyl (C=O) groups is 1. The van der Waals surface area contributed by atoms with Crippen LogP contribution in [0.25, 0.3) is 0 Å². The molecular weight excluding hydrogens is 209 g/mol. The number of hydrogen-bond donors (Lipinski definition) is 2. The van der Waals surface area contributed by atoms with E-state index in [-0.39, 0.29) is 11.3 Å². The van der Waals surface area contributed by atoms with E-state index in [1.807, 2.05) is 0 Å². The minimum absolute atomic E-state index is 0.0912. The van der Waals surface area contributed by atoms with E-state index in [2.05, 4.69) is 19.2 Å². The van der Waals surface area contributed by atoms with Crippen molar-refractivity contribution >= 4 is 11.7 Å². The first-order chi connectivity index (χ1) is 7.50. The Kier molecular flexibility index (Phi) is 4.28. The van der Waals surface area contributed by atoms with Crippen molar-refractivity contribution in [2.24, 2.45) is 5.92 Å². The van der Waals surface area contributed by atoms with Gasteiger partial charge in [0.05, 0.1) is 11.3 Å². The number of carboxylic acids is 1. The van der Waals surface area contributed by atoms with Crippen LogP contribution in [0.3, 0.4) is 0 Å². The maximum absolute atomic E-state index is 13.3. The van der Waals surface area contributed by atoms with Gasteiger partial charge in [-0.2, -0.15) is 0 Å². The highest BCUT2D eigenvalue weighted by atomic mass is 19.1. The second-order valence-electron chi connectivity index (χ2n) is 4.11. The molecule has 0 unspecified atom stereocenters. The minimum Gasteiger partial charge on any atom is -0.478 e. The predicted octanol–water partition coefficient (Wildman–Crippen LogP) is 2.98. The van der Waals surface area contributed by atoms with Crippen LogP contribution in [0.5, 0.6) is 0 Å². The molecule has 0 saturated carbocycles. The average Bonchev–Trinajstić information content (AvgIpc) is 2.20. The highest BCUT2D eigenvalue weighted by Gasteiger charge is 2.07. The van der Waals surface area contributed by atoms with E-state index in [1.165, 1.54) is 18.2 Å². The Balaban J connectivity index is 2.70. The molecule has 0 amide bonds. The third-order valence-corrected chi connectivity index (χ3v) is 2.25. The number of halogens is 1. The van der Waals surface area contributed by atoms with Crippen molar-refractivity contribution in [3.05, 3.63) is 29.6 Å². The molecule has 0 aliphatic rings. The van der Waals surface area contributed by atoms with Crippen molar-refractivity contribution in [1.29, 1.82) is 0 Å². The summed E-state index contributed by atoms with van der Waals surface area (Å²) >= 11 is 0. The van der Waals surface area contributed by atoms with Gasteiger partial charge < -0.3 is 10.4 Å². The van der Waals surface area contributed by atoms with Gasteiger partial charge in [-0.1, -0.05) is 13.8 Å². The molecule has 0 bridgehead atoms. The van der Waals surface area contributed by atoms with Crippen LogP contribution in [0.1, 0.15) is 30.6 Å². The fourth-order valence-electron chi connectivity index (χ4n) is 1.29. The summed E-state index contributed by atoms with van der Waals surface area (Å²) in [5, 5.41) is 11.7. The van der Waals surface area contributed by atoms with Gasteiger partial charge >= 0.3 is 5.97 Å². The molecule has 1 rings (SSSR count). The van der Waals surface area contributed by atoms with Crippen LogP contribution in [-0.2, 0) is 0 Å². The van der Waals surface area contributed by atoms with Gasteiger partial charge in [-0.05, 0) is 30.5 Å². The summed E-state index contributed by atoms with van der Waals surface area (Å²) in [6, 6.07) is 3.74.